The van der Waals surface area contributed by atoms with Crippen molar-refractivity contribution in [3.8, 4) is 5.75 Å². The monoisotopic (exact) mass is 243 g/mol. The van der Waals surface area contributed by atoms with Crippen LogP contribution in [0.25, 0.3) is 0 Å². The Kier molecular flexibility index (Phi) is 5.63. The van der Waals surface area contributed by atoms with Gasteiger partial charge in [0, 0.05) is 23.6 Å². The third kappa shape index (κ3) is 4.02. The molecule has 0 bridgehead atoms. The highest BCUT2D eigenvalue weighted by Gasteiger charge is 2.05. The minimum absolute atomic E-state index is 0.200. The van der Waals surface area contributed by atoms with Gasteiger partial charge in [-0.1, -0.05) is 13.0 Å². The van der Waals surface area contributed by atoms with E-state index in [-0.39, 0.29) is 11.9 Å². The van der Waals surface area contributed by atoms with E-state index in [4.69, 9.17) is 10.5 Å². The van der Waals surface area contributed by atoms with Crippen molar-refractivity contribution in [2.24, 2.45) is 5.73 Å². The van der Waals surface area contributed by atoms with Crippen LogP contribution in [0.4, 0.5) is 4.39 Å². The predicted octanol–water partition coefficient (Wildman–Crippen LogP) is 2.80. The van der Waals surface area contributed by atoms with E-state index in [0.29, 0.717) is 17.1 Å². The van der Waals surface area contributed by atoms with Crippen LogP contribution in [0.1, 0.15) is 18.9 Å². The molecule has 0 aromatic heterocycles. The van der Waals surface area contributed by atoms with Gasteiger partial charge in [-0.25, -0.2) is 4.39 Å². The quantitative estimate of drug-likeness (QED) is 0.834. The second-order valence-corrected chi connectivity index (χ2v) is 4.67. The third-order valence-corrected chi connectivity index (χ3v) is 3.55. The SMILES string of the molecule is CCC(N)CSCc1ccc(OC)cc1F. The molecule has 90 valence electrons. The lowest BCUT2D eigenvalue weighted by Gasteiger charge is -2.09. The lowest BCUT2D eigenvalue weighted by atomic mass is 10.2. The summed E-state index contributed by atoms with van der Waals surface area (Å²) in [5.74, 6) is 1.86. The molecule has 0 fully saturated rings. The fourth-order valence-corrected chi connectivity index (χ4v) is 2.32. The smallest absolute Gasteiger partial charge is 0.130 e. The first kappa shape index (κ1) is 13.3. The molecule has 0 amide bonds. The summed E-state index contributed by atoms with van der Waals surface area (Å²) in [5, 5.41) is 0. The van der Waals surface area contributed by atoms with E-state index < -0.39 is 0 Å². The molecule has 2 N–H and O–H groups in total. The van der Waals surface area contributed by atoms with Crippen LogP contribution in [0.3, 0.4) is 0 Å². The van der Waals surface area contributed by atoms with Crippen LogP contribution in [0.15, 0.2) is 18.2 Å². The summed E-state index contributed by atoms with van der Waals surface area (Å²) in [6, 6.07) is 5.15. The van der Waals surface area contributed by atoms with Crippen LogP contribution < -0.4 is 10.5 Å². The van der Waals surface area contributed by atoms with Gasteiger partial charge in [-0.15, -0.1) is 0 Å². The van der Waals surface area contributed by atoms with Gasteiger partial charge in [-0.2, -0.15) is 11.8 Å². The van der Waals surface area contributed by atoms with Crippen LogP contribution in [-0.4, -0.2) is 18.9 Å². The number of ether oxygens (including phenoxy) is 1. The van der Waals surface area contributed by atoms with Gasteiger partial charge in [0.05, 0.1) is 7.11 Å². The second-order valence-electron chi connectivity index (χ2n) is 3.64. The minimum atomic E-state index is -0.211. The molecule has 0 spiro atoms. The molecule has 0 heterocycles. The molecule has 1 unspecified atom stereocenters. The van der Waals surface area contributed by atoms with Gasteiger partial charge in [0.1, 0.15) is 11.6 Å². The average Bonchev–Trinajstić information content (AvgIpc) is 2.30. The molecule has 0 aliphatic rings. The predicted molar refractivity (Wildman–Crippen MR) is 67.4 cm³/mol. The van der Waals surface area contributed by atoms with Crippen LogP contribution >= 0.6 is 11.8 Å². The molecular formula is C12H18FNOS. The van der Waals surface area contributed by atoms with Gasteiger partial charge in [0.15, 0.2) is 0 Å². The maximum absolute atomic E-state index is 13.5. The molecule has 16 heavy (non-hydrogen) atoms. The van der Waals surface area contributed by atoms with Gasteiger partial charge >= 0.3 is 0 Å². The Hall–Kier alpha value is -0.740. The van der Waals surface area contributed by atoms with Crippen LogP contribution in [0.2, 0.25) is 0 Å². The Morgan fingerprint density at radius 2 is 2.25 bits per heavy atom. The van der Waals surface area contributed by atoms with Gasteiger partial charge < -0.3 is 10.5 Å². The molecule has 0 saturated carbocycles. The van der Waals surface area contributed by atoms with E-state index in [1.807, 2.05) is 0 Å². The first-order valence-corrected chi connectivity index (χ1v) is 6.48. The third-order valence-electron chi connectivity index (χ3n) is 2.37. The van der Waals surface area contributed by atoms with Crippen molar-refractivity contribution in [2.45, 2.75) is 25.1 Å². The number of nitrogens with two attached hydrogens (primary N) is 1. The Labute approximate surface area is 100 Å². The fraction of sp³-hybridized carbons (Fsp3) is 0.500. The van der Waals surface area contributed by atoms with Gasteiger partial charge in [0.25, 0.3) is 0 Å². The molecule has 1 aromatic rings. The van der Waals surface area contributed by atoms with Gasteiger partial charge in [0.2, 0.25) is 0 Å². The summed E-state index contributed by atoms with van der Waals surface area (Å²) in [6.07, 6.45) is 0.956. The molecule has 1 atom stereocenters. The van der Waals surface area contributed by atoms with Crippen molar-refractivity contribution in [3.05, 3.63) is 29.6 Å². The highest BCUT2D eigenvalue weighted by atomic mass is 32.2. The highest BCUT2D eigenvalue weighted by molar-refractivity contribution is 7.98. The number of hydrogen-bond donors (Lipinski definition) is 1. The molecule has 0 aliphatic carbocycles. The number of rotatable bonds is 6. The fourth-order valence-electron chi connectivity index (χ4n) is 1.21. The lowest BCUT2D eigenvalue weighted by Crippen LogP contribution is -2.21. The summed E-state index contributed by atoms with van der Waals surface area (Å²) in [5.41, 5.74) is 6.49. The molecule has 4 heteroatoms. The molecular weight excluding hydrogens is 225 g/mol. The molecule has 0 radical (unpaired) electrons. The first-order chi connectivity index (χ1) is 7.67. The summed E-state index contributed by atoms with van der Waals surface area (Å²) in [6.45, 7) is 2.05. The Morgan fingerprint density at radius 3 is 2.81 bits per heavy atom. The average molecular weight is 243 g/mol. The van der Waals surface area contributed by atoms with Crippen molar-refractivity contribution in [2.75, 3.05) is 12.9 Å². The van der Waals surface area contributed by atoms with Crippen LogP contribution in [-0.2, 0) is 5.75 Å². The molecule has 0 saturated heterocycles. The molecule has 1 aromatic carbocycles. The van der Waals surface area contributed by atoms with E-state index in [1.54, 1.807) is 23.9 Å². The van der Waals surface area contributed by atoms with E-state index in [9.17, 15) is 4.39 Å². The van der Waals surface area contributed by atoms with Crippen molar-refractivity contribution in [1.82, 2.24) is 0 Å². The first-order valence-electron chi connectivity index (χ1n) is 5.33. The number of benzene rings is 1. The zero-order valence-electron chi connectivity index (χ0n) is 9.70. The molecule has 0 aliphatic heterocycles. The van der Waals surface area contributed by atoms with Crippen LogP contribution in [0, 0.1) is 5.82 Å². The largest absolute Gasteiger partial charge is 0.497 e. The Morgan fingerprint density at radius 1 is 1.50 bits per heavy atom. The van der Waals surface area contributed by atoms with Crippen molar-refractivity contribution in [1.29, 1.82) is 0 Å². The lowest BCUT2D eigenvalue weighted by molar-refractivity contribution is 0.411. The molecule has 2 nitrogen and oxygen atoms in total. The van der Waals surface area contributed by atoms with Gasteiger partial charge in [-0.05, 0) is 18.1 Å². The number of hydrogen-bond acceptors (Lipinski definition) is 3. The maximum atomic E-state index is 13.5. The normalized spacial score (nSPS) is 12.5. The number of methoxy groups -OCH3 is 1. The van der Waals surface area contributed by atoms with E-state index in [2.05, 4.69) is 6.92 Å². The summed E-state index contributed by atoms with van der Waals surface area (Å²) >= 11 is 1.66. The van der Waals surface area contributed by atoms with E-state index in [1.165, 1.54) is 13.2 Å². The van der Waals surface area contributed by atoms with Crippen molar-refractivity contribution in [3.63, 3.8) is 0 Å². The van der Waals surface area contributed by atoms with Crippen LogP contribution in [0.5, 0.6) is 5.75 Å². The van der Waals surface area contributed by atoms with Crippen molar-refractivity contribution >= 4 is 11.8 Å². The number of thioether (sulfide) groups is 1. The zero-order valence-corrected chi connectivity index (χ0v) is 10.5. The second kappa shape index (κ2) is 6.76. The summed E-state index contributed by atoms with van der Waals surface area (Å²) in [4.78, 5) is 0. The standard InChI is InChI=1S/C12H18FNOS/c1-3-10(14)8-16-7-9-4-5-11(15-2)6-12(9)13/h4-6,10H,3,7-8,14H2,1-2H3. The van der Waals surface area contributed by atoms with E-state index >= 15 is 0 Å². The maximum Gasteiger partial charge on any atom is 0.130 e. The van der Waals surface area contributed by atoms with Crippen molar-refractivity contribution < 1.29 is 9.13 Å². The zero-order chi connectivity index (χ0) is 12.0. The Bertz CT molecular complexity index is 333. The topological polar surface area (TPSA) is 35.2 Å². The Balaban J connectivity index is 2.48. The van der Waals surface area contributed by atoms with Gasteiger partial charge in [-0.3, -0.25) is 0 Å². The number of halogens is 1. The van der Waals surface area contributed by atoms with E-state index in [0.717, 1.165) is 12.2 Å². The minimum Gasteiger partial charge on any atom is -0.497 e. The summed E-state index contributed by atoms with van der Waals surface area (Å²) in [7, 11) is 1.53. The molecule has 1 rings (SSSR count). The highest BCUT2D eigenvalue weighted by Crippen LogP contribution is 2.20. The summed E-state index contributed by atoms with van der Waals surface area (Å²) < 4.78 is 18.5.